The second-order valence-corrected chi connectivity index (χ2v) is 4.96. The van der Waals surface area contributed by atoms with Crippen LogP contribution in [0.2, 0.25) is 0 Å². The van der Waals surface area contributed by atoms with E-state index in [9.17, 15) is 4.79 Å². The van der Waals surface area contributed by atoms with E-state index in [1.807, 2.05) is 24.1 Å². The van der Waals surface area contributed by atoms with Crippen molar-refractivity contribution < 1.29 is 4.79 Å². The summed E-state index contributed by atoms with van der Waals surface area (Å²) in [6.07, 6.45) is 4.97. The Balaban J connectivity index is 2.11. The first-order valence-electron chi connectivity index (χ1n) is 6.15. The molecule has 2 atom stereocenters. The van der Waals surface area contributed by atoms with E-state index in [1.54, 1.807) is 0 Å². The Labute approximate surface area is 96.3 Å². The van der Waals surface area contributed by atoms with Gasteiger partial charge in [0, 0.05) is 24.6 Å². The Bertz CT molecular complexity index is 426. The summed E-state index contributed by atoms with van der Waals surface area (Å²) in [4.78, 5) is 14.2. The van der Waals surface area contributed by atoms with Crippen LogP contribution in [0.15, 0.2) is 24.3 Å². The molecule has 16 heavy (non-hydrogen) atoms. The minimum atomic E-state index is 0.207. The monoisotopic (exact) mass is 215 g/mol. The fourth-order valence-corrected chi connectivity index (χ4v) is 3.29. The second-order valence-electron chi connectivity index (χ2n) is 4.96. The molecule has 1 aromatic rings. The van der Waals surface area contributed by atoms with Gasteiger partial charge in [0.25, 0.3) is 5.91 Å². The standard InChI is InChI=1S/C14H17NO/c1-15-13-9-5-4-7-11(13)10-6-2-3-8-12(10)14(15)16/h2-3,6,8,11,13H,4-5,7,9H2,1H3. The lowest BCUT2D eigenvalue weighted by molar-refractivity contribution is 0.0629. The van der Waals surface area contributed by atoms with Crippen LogP contribution in [0.4, 0.5) is 0 Å². The molecule has 2 heteroatoms. The topological polar surface area (TPSA) is 20.3 Å². The highest BCUT2D eigenvalue weighted by atomic mass is 16.2. The van der Waals surface area contributed by atoms with E-state index < -0.39 is 0 Å². The van der Waals surface area contributed by atoms with Crippen LogP contribution >= 0.6 is 0 Å². The molecule has 84 valence electrons. The van der Waals surface area contributed by atoms with Gasteiger partial charge in [-0.1, -0.05) is 31.0 Å². The smallest absolute Gasteiger partial charge is 0.254 e. The van der Waals surface area contributed by atoms with E-state index in [0.29, 0.717) is 12.0 Å². The van der Waals surface area contributed by atoms with Gasteiger partial charge in [-0.3, -0.25) is 4.79 Å². The highest BCUT2D eigenvalue weighted by molar-refractivity contribution is 5.97. The number of carbonyl (C=O) groups is 1. The van der Waals surface area contributed by atoms with Crippen molar-refractivity contribution in [3.05, 3.63) is 35.4 Å². The summed E-state index contributed by atoms with van der Waals surface area (Å²) >= 11 is 0. The van der Waals surface area contributed by atoms with Gasteiger partial charge in [-0.05, 0) is 24.5 Å². The summed E-state index contributed by atoms with van der Waals surface area (Å²) < 4.78 is 0. The first-order valence-corrected chi connectivity index (χ1v) is 6.15. The van der Waals surface area contributed by atoms with Gasteiger partial charge in [0.2, 0.25) is 0 Å². The molecule has 0 N–H and O–H groups in total. The fourth-order valence-electron chi connectivity index (χ4n) is 3.29. The Hall–Kier alpha value is -1.31. The SMILES string of the molecule is CN1C(=O)c2ccccc2C2CCCCC21. The minimum Gasteiger partial charge on any atom is -0.338 e. The quantitative estimate of drug-likeness (QED) is 0.651. The van der Waals surface area contributed by atoms with E-state index in [0.717, 1.165) is 5.56 Å². The predicted molar refractivity (Wildman–Crippen MR) is 63.5 cm³/mol. The number of amides is 1. The van der Waals surface area contributed by atoms with Gasteiger partial charge >= 0.3 is 0 Å². The maximum absolute atomic E-state index is 12.2. The molecule has 3 rings (SSSR count). The van der Waals surface area contributed by atoms with Crippen LogP contribution in [0.1, 0.15) is 47.5 Å². The molecule has 2 unspecified atom stereocenters. The summed E-state index contributed by atoms with van der Waals surface area (Å²) in [5.41, 5.74) is 2.21. The summed E-state index contributed by atoms with van der Waals surface area (Å²) in [6, 6.07) is 8.58. The molecule has 0 aromatic heterocycles. The van der Waals surface area contributed by atoms with E-state index >= 15 is 0 Å². The van der Waals surface area contributed by atoms with Gasteiger partial charge < -0.3 is 4.90 Å². The molecule has 2 aliphatic rings. The average Bonchev–Trinajstić information content (AvgIpc) is 2.36. The lowest BCUT2D eigenvalue weighted by Gasteiger charge is -2.43. The van der Waals surface area contributed by atoms with Crippen molar-refractivity contribution in [1.82, 2.24) is 4.90 Å². The number of carbonyl (C=O) groups excluding carboxylic acids is 1. The van der Waals surface area contributed by atoms with Crippen molar-refractivity contribution in [2.75, 3.05) is 7.05 Å². The number of likely N-dealkylation sites (N-methyl/N-ethyl adjacent to an activating group) is 1. The first kappa shape index (κ1) is 9.88. The third-order valence-electron chi connectivity index (χ3n) is 4.14. The van der Waals surface area contributed by atoms with Crippen molar-refractivity contribution in [3.63, 3.8) is 0 Å². The third-order valence-corrected chi connectivity index (χ3v) is 4.14. The maximum atomic E-state index is 12.2. The third kappa shape index (κ3) is 1.29. The van der Waals surface area contributed by atoms with E-state index in [-0.39, 0.29) is 5.91 Å². The number of benzene rings is 1. The largest absolute Gasteiger partial charge is 0.338 e. The van der Waals surface area contributed by atoms with Crippen LogP contribution in [0, 0.1) is 0 Å². The zero-order valence-electron chi connectivity index (χ0n) is 9.65. The van der Waals surface area contributed by atoms with Crippen LogP contribution in [0.5, 0.6) is 0 Å². The van der Waals surface area contributed by atoms with Crippen molar-refractivity contribution in [3.8, 4) is 0 Å². The molecule has 2 nitrogen and oxygen atoms in total. The van der Waals surface area contributed by atoms with Gasteiger partial charge in [0.05, 0.1) is 0 Å². The zero-order valence-corrected chi connectivity index (χ0v) is 9.65. The van der Waals surface area contributed by atoms with Crippen molar-refractivity contribution in [2.45, 2.75) is 37.6 Å². The van der Waals surface area contributed by atoms with Gasteiger partial charge in [-0.25, -0.2) is 0 Å². The Morgan fingerprint density at radius 3 is 2.81 bits per heavy atom. The molecule has 0 radical (unpaired) electrons. The number of fused-ring (bicyclic) bond motifs is 3. The van der Waals surface area contributed by atoms with Crippen molar-refractivity contribution >= 4 is 5.91 Å². The number of nitrogens with zero attached hydrogens (tertiary/aromatic N) is 1. The highest BCUT2D eigenvalue weighted by Gasteiger charge is 2.38. The number of rotatable bonds is 0. The molecule has 1 saturated carbocycles. The van der Waals surface area contributed by atoms with E-state index in [1.165, 1.54) is 31.2 Å². The van der Waals surface area contributed by atoms with E-state index in [4.69, 9.17) is 0 Å². The van der Waals surface area contributed by atoms with Crippen molar-refractivity contribution in [1.29, 1.82) is 0 Å². The first-order chi connectivity index (χ1) is 7.79. The summed E-state index contributed by atoms with van der Waals surface area (Å²) in [6.45, 7) is 0. The highest BCUT2D eigenvalue weighted by Crippen LogP contribution is 2.41. The zero-order chi connectivity index (χ0) is 11.1. The molecule has 0 bridgehead atoms. The maximum Gasteiger partial charge on any atom is 0.254 e. The van der Waals surface area contributed by atoms with E-state index in [2.05, 4.69) is 12.1 Å². The summed E-state index contributed by atoms with van der Waals surface area (Å²) in [7, 11) is 1.96. The van der Waals surface area contributed by atoms with Gasteiger partial charge in [0.15, 0.2) is 0 Å². The summed E-state index contributed by atoms with van der Waals surface area (Å²) in [5, 5.41) is 0. The van der Waals surface area contributed by atoms with Gasteiger partial charge in [-0.15, -0.1) is 0 Å². The second kappa shape index (κ2) is 3.62. The van der Waals surface area contributed by atoms with Crippen LogP contribution < -0.4 is 0 Å². The molecule has 1 heterocycles. The van der Waals surface area contributed by atoms with Crippen LogP contribution in [0.3, 0.4) is 0 Å². The molecule has 1 aliphatic heterocycles. The van der Waals surface area contributed by atoms with Crippen LogP contribution in [-0.4, -0.2) is 23.9 Å². The predicted octanol–water partition coefficient (Wildman–Crippen LogP) is 2.80. The molecule has 1 amide bonds. The Morgan fingerprint density at radius 2 is 1.94 bits per heavy atom. The lowest BCUT2D eigenvalue weighted by Crippen LogP contribution is -2.46. The molecular weight excluding hydrogens is 198 g/mol. The molecule has 0 spiro atoms. The van der Waals surface area contributed by atoms with Gasteiger partial charge in [0.1, 0.15) is 0 Å². The lowest BCUT2D eigenvalue weighted by atomic mass is 9.75. The molecule has 1 fully saturated rings. The number of hydrogen-bond donors (Lipinski definition) is 0. The molecule has 1 aromatic carbocycles. The van der Waals surface area contributed by atoms with Crippen molar-refractivity contribution in [2.24, 2.45) is 0 Å². The van der Waals surface area contributed by atoms with Gasteiger partial charge in [-0.2, -0.15) is 0 Å². The Morgan fingerprint density at radius 1 is 1.19 bits per heavy atom. The average molecular weight is 215 g/mol. The number of hydrogen-bond acceptors (Lipinski definition) is 1. The Kier molecular flexibility index (Phi) is 2.23. The minimum absolute atomic E-state index is 0.207. The molecule has 0 saturated heterocycles. The summed E-state index contributed by atoms with van der Waals surface area (Å²) in [5.74, 6) is 0.784. The van der Waals surface area contributed by atoms with Crippen LogP contribution in [-0.2, 0) is 0 Å². The fraction of sp³-hybridized carbons (Fsp3) is 0.500. The molecular formula is C14H17NO. The molecule has 1 aliphatic carbocycles. The normalized spacial score (nSPS) is 28.6. The van der Waals surface area contributed by atoms with Crippen LogP contribution in [0.25, 0.3) is 0 Å².